The molecule has 0 bridgehead atoms. The van der Waals surface area contributed by atoms with E-state index in [-0.39, 0.29) is 5.91 Å². The molecule has 0 fully saturated rings. The summed E-state index contributed by atoms with van der Waals surface area (Å²) in [4.78, 5) is 11.8. The quantitative estimate of drug-likeness (QED) is 0.792. The zero-order chi connectivity index (χ0) is 14.7. The van der Waals surface area contributed by atoms with Crippen molar-refractivity contribution in [3.8, 4) is 0 Å². The number of nitrogens with zero attached hydrogens (tertiary/aromatic N) is 4. The molecule has 2 heterocycles. The molecule has 2 aromatic heterocycles. The van der Waals surface area contributed by atoms with Crippen LogP contribution < -0.4 is 5.32 Å². The van der Waals surface area contributed by atoms with Crippen LogP contribution in [0.15, 0.2) is 12.4 Å². The van der Waals surface area contributed by atoms with Gasteiger partial charge >= 0.3 is 0 Å². The Balaban J connectivity index is 1.79. The van der Waals surface area contributed by atoms with Crippen molar-refractivity contribution in [2.24, 2.45) is 7.05 Å². The standard InChI is InChI=1S/C13H18IN5O/c1-9-11(7-18(3)16-9)6-15-13(20)4-5-19-8-12(14)10(2)17-19/h7-8H,4-6H2,1-3H3,(H,15,20). The Labute approximate surface area is 131 Å². The molecule has 0 atom stereocenters. The molecule has 0 radical (unpaired) electrons. The first-order chi connectivity index (χ1) is 9.45. The summed E-state index contributed by atoms with van der Waals surface area (Å²) in [5, 5.41) is 11.5. The molecule has 7 heteroatoms. The van der Waals surface area contributed by atoms with Crippen molar-refractivity contribution in [2.75, 3.05) is 0 Å². The molecule has 2 rings (SSSR count). The SMILES string of the molecule is Cc1nn(CCC(=O)NCc2cn(C)nc2C)cc1I. The highest BCUT2D eigenvalue weighted by atomic mass is 127. The topological polar surface area (TPSA) is 64.7 Å². The van der Waals surface area contributed by atoms with Crippen LogP contribution >= 0.6 is 22.6 Å². The van der Waals surface area contributed by atoms with Gasteiger partial charge in [-0.05, 0) is 36.4 Å². The molecule has 0 aliphatic rings. The summed E-state index contributed by atoms with van der Waals surface area (Å²) < 4.78 is 4.69. The van der Waals surface area contributed by atoms with Gasteiger partial charge in [-0.2, -0.15) is 10.2 Å². The van der Waals surface area contributed by atoms with Crippen LogP contribution in [0, 0.1) is 17.4 Å². The highest BCUT2D eigenvalue weighted by Gasteiger charge is 2.07. The Hall–Kier alpha value is -1.38. The Morgan fingerprint density at radius 2 is 2.05 bits per heavy atom. The number of halogens is 1. The van der Waals surface area contributed by atoms with E-state index in [4.69, 9.17) is 0 Å². The Bertz CT molecular complexity index is 597. The maximum absolute atomic E-state index is 11.8. The van der Waals surface area contributed by atoms with E-state index in [1.54, 1.807) is 4.68 Å². The van der Waals surface area contributed by atoms with Crippen molar-refractivity contribution in [3.05, 3.63) is 32.9 Å². The minimum atomic E-state index is 0.0245. The Kier molecular flexibility index (Phi) is 4.79. The molecule has 6 nitrogen and oxygen atoms in total. The fourth-order valence-electron chi connectivity index (χ4n) is 1.93. The van der Waals surface area contributed by atoms with E-state index in [9.17, 15) is 4.79 Å². The second-order valence-electron chi connectivity index (χ2n) is 4.77. The molecule has 0 saturated carbocycles. The molecular weight excluding hydrogens is 369 g/mol. The molecule has 0 spiro atoms. The number of hydrogen-bond donors (Lipinski definition) is 1. The third kappa shape index (κ3) is 3.81. The number of carbonyl (C=O) groups is 1. The summed E-state index contributed by atoms with van der Waals surface area (Å²) in [5.41, 5.74) is 2.99. The summed E-state index contributed by atoms with van der Waals surface area (Å²) in [7, 11) is 1.87. The number of carbonyl (C=O) groups excluding carboxylic acids is 1. The molecule has 1 N–H and O–H groups in total. The van der Waals surface area contributed by atoms with Crippen LogP contribution in [0.25, 0.3) is 0 Å². The summed E-state index contributed by atoms with van der Waals surface area (Å²) in [6.45, 7) is 5.02. The maximum atomic E-state index is 11.8. The summed E-state index contributed by atoms with van der Waals surface area (Å²) in [5.74, 6) is 0.0245. The summed E-state index contributed by atoms with van der Waals surface area (Å²) in [6, 6.07) is 0. The number of aryl methyl sites for hydroxylation is 4. The van der Waals surface area contributed by atoms with Gasteiger partial charge in [-0.15, -0.1) is 0 Å². The Morgan fingerprint density at radius 1 is 1.30 bits per heavy atom. The van der Waals surface area contributed by atoms with Crippen LogP contribution in [0.2, 0.25) is 0 Å². The van der Waals surface area contributed by atoms with E-state index in [2.05, 4.69) is 38.1 Å². The first kappa shape index (κ1) is 15.0. The van der Waals surface area contributed by atoms with Crippen molar-refractivity contribution in [1.29, 1.82) is 0 Å². The lowest BCUT2D eigenvalue weighted by Crippen LogP contribution is -2.24. The average Bonchev–Trinajstić information content (AvgIpc) is 2.87. The van der Waals surface area contributed by atoms with Gasteiger partial charge in [0.2, 0.25) is 5.91 Å². The zero-order valence-corrected chi connectivity index (χ0v) is 14.0. The smallest absolute Gasteiger partial charge is 0.222 e. The number of amides is 1. The van der Waals surface area contributed by atoms with Gasteiger partial charge < -0.3 is 5.32 Å². The van der Waals surface area contributed by atoms with E-state index >= 15 is 0 Å². The third-order valence-electron chi connectivity index (χ3n) is 3.05. The van der Waals surface area contributed by atoms with E-state index < -0.39 is 0 Å². The molecular formula is C13H18IN5O. The van der Waals surface area contributed by atoms with Gasteiger partial charge in [0.25, 0.3) is 0 Å². The second-order valence-corrected chi connectivity index (χ2v) is 5.93. The second kappa shape index (κ2) is 6.38. The van der Waals surface area contributed by atoms with Crippen LogP contribution in [0.1, 0.15) is 23.4 Å². The zero-order valence-electron chi connectivity index (χ0n) is 11.9. The van der Waals surface area contributed by atoms with Crippen molar-refractivity contribution in [1.82, 2.24) is 24.9 Å². The van der Waals surface area contributed by atoms with Gasteiger partial charge in [-0.25, -0.2) is 0 Å². The van der Waals surface area contributed by atoms with Crippen molar-refractivity contribution in [3.63, 3.8) is 0 Å². The number of rotatable bonds is 5. The monoisotopic (exact) mass is 387 g/mol. The number of aromatic nitrogens is 4. The summed E-state index contributed by atoms with van der Waals surface area (Å²) in [6.07, 6.45) is 4.31. The first-order valence-electron chi connectivity index (χ1n) is 6.41. The van der Waals surface area contributed by atoms with Crippen molar-refractivity contribution >= 4 is 28.5 Å². The summed E-state index contributed by atoms with van der Waals surface area (Å²) >= 11 is 2.24. The molecule has 1 amide bonds. The molecule has 0 saturated heterocycles. The van der Waals surface area contributed by atoms with Crippen LogP contribution in [-0.4, -0.2) is 25.5 Å². The van der Waals surface area contributed by atoms with Gasteiger partial charge in [0, 0.05) is 44.5 Å². The number of hydrogen-bond acceptors (Lipinski definition) is 3. The van der Waals surface area contributed by atoms with Gasteiger partial charge in [0.15, 0.2) is 0 Å². The molecule has 0 aliphatic carbocycles. The van der Waals surface area contributed by atoms with Crippen LogP contribution in [0.3, 0.4) is 0 Å². The fourth-order valence-corrected chi connectivity index (χ4v) is 2.36. The highest BCUT2D eigenvalue weighted by molar-refractivity contribution is 14.1. The Morgan fingerprint density at radius 3 is 2.60 bits per heavy atom. The lowest BCUT2D eigenvalue weighted by Gasteiger charge is -2.04. The van der Waals surface area contributed by atoms with E-state index in [1.165, 1.54) is 0 Å². The molecule has 108 valence electrons. The average molecular weight is 387 g/mol. The van der Waals surface area contributed by atoms with E-state index in [0.717, 1.165) is 20.5 Å². The van der Waals surface area contributed by atoms with Crippen molar-refractivity contribution < 1.29 is 4.79 Å². The van der Waals surface area contributed by atoms with Crippen molar-refractivity contribution in [2.45, 2.75) is 33.4 Å². The lowest BCUT2D eigenvalue weighted by molar-refractivity contribution is -0.121. The van der Waals surface area contributed by atoms with Crippen LogP contribution in [0.5, 0.6) is 0 Å². The minimum absolute atomic E-state index is 0.0245. The minimum Gasteiger partial charge on any atom is -0.352 e. The maximum Gasteiger partial charge on any atom is 0.222 e. The van der Waals surface area contributed by atoms with E-state index in [1.807, 2.05) is 38.0 Å². The largest absolute Gasteiger partial charge is 0.352 e. The molecule has 2 aromatic rings. The van der Waals surface area contributed by atoms with Gasteiger partial charge in [0.1, 0.15) is 0 Å². The molecule has 0 unspecified atom stereocenters. The normalized spacial score (nSPS) is 10.8. The molecule has 0 aliphatic heterocycles. The van der Waals surface area contributed by atoms with Gasteiger partial charge in [-0.1, -0.05) is 0 Å². The van der Waals surface area contributed by atoms with Crippen LogP contribution in [0.4, 0.5) is 0 Å². The fraction of sp³-hybridized carbons (Fsp3) is 0.462. The predicted octanol–water partition coefficient (Wildman–Crippen LogP) is 1.54. The molecule has 20 heavy (non-hydrogen) atoms. The van der Waals surface area contributed by atoms with Gasteiger partial charge in [-0.3, -0.25) is 14.2 Å². The van der Waals surface area contributed by atoms with Gasteiger partial charge in [0.05, 0.1) is 15.0 Å². The highest BCUT2D eigenvalue weighted by Crippen LogP contribution is 2.08. The lowest BCUT2D eigenvalue weighted by atomic mass is 10.2. The third-order valence-corrected chi connectivity index (χ3v) is 4.10. The predicted molar refractivity (Wildman–Crippen MR) is 84.1 cm³/mol. The van der Waals surface area contributed by atoms with Crippen LogP contribution in [-0.2, 0) is 24.9 Å². The number of nitrogens with one attached hydrogen (secondary N) is 1. The molecule has 0 aromatic carbocycles. The van der Waals surface area contributed by atoms with E-state index in [0.29, 0.717) is 19.5 Å². The first-order valence-corrected chi connectivity index (χ1v) is 7.49.